The summed E-state index contributed by atoms with van der Waals surface area (Å²) in [6, 6.07) is 19.4. The van der Waals surface area contributed by atoms with E-state index < -0.39 is 18.1 Å². The van der Waals surface area contributed by atoms with Crippen LogP contribution in [0.4, 0.5) is 4.79 Å². The Hall–Kier alpha value is -3.12. The monoisotopic (exact) mass is 407 g/mol. The first kappa shape index (κ1) is 19.2. The minimum Gasteiger partial charge on any atom is -0.481 e. The van der Waals surface area contributed by atoms with E-state index in [9.17, 15) is 14.7 Å². The normalized spacial score (nSPS) is 13.4. The molecule has 0 spiro atoms. The first-order valence-electron chi connectivity index (χ1n) is 9.42. The summed E-state index contributed by atoms with van der Waals surface area (Å²) in [7, 11) is 0. The second kappa shape index (κ2) is 8.09. The van der Waals surface area contributed by atoms with Crippen molar-refractivity contribution in [3.8, 4) is 11.1 Å². The maximum atomic E-state index is 12.5. The van der Waals surface area contributed by atoms with Crippen molar-refractivity contribution >= 4 is 23.4 Å². The van der Waals surface area contributed by atoms with Crippen LogP contribution in [0.2, 0.25) is 0 Å². The fourth-order valence-electron chi connectivity index (χ4n) is 3.82. The number of benzene rings is 2. The van der Waals surface area contributed by atoms with Gasteiger partial charge in [0.25, 0.3) is 0 Å². The summed E-state index contributed by atoms with van der Waals surface area (Å²) in [5.41, 5.74) is 4.60. The zero-order valence-electron chi connectivity index (χ0n) is 15.9. The highest BCUT2D eigenvalue weighted by atomic mass is 32.1. The number of rotatable bonds is 6. The van der Waals surface area contributed by atoms with Gasteiger partial charge in [-0.2, -0.15) is 0 Å². The summed E-state index contributed by atoms with van der Waals surface area (Å²) in [4.78, 5) is 25.6. The molecule has 6 heteroatoms. The number of aliphatic carboxylic acids is 1. The molecule has 5 nitrogen and oxygen atoms in total. The van der Waals surface area contributed by atoms with Gasteiger partial charge in [0.15, 0.2) is 0 Å². The number of thiophene rings is 1. The van der Waals surface area contributed by atoms with E-state index in [4.69, 9.17) is 4.74 Å². The number of aryl methyl sites for hydroxylation is 1. The molecule has 148 valence electrons. The fraction of sp³-hybridized carbons (Fsp3) is 0.217. The summed E-state index contributed by atoms with van der Waals surface area (Å²) < 4.78 is 5.54. The third-order valence-corrected chi connectivity index (χ3v) is 6.23. The van der Waals surface area contributed by atoms with Gasteiger partial charge in [0.2, 0.25) is 0 Å². The fourth-order valence-corrected chi connectivity index (χ4v) is 4.75. The number of hydrogen-bond acceptors (Lipinski definition) is 4. The Bertz CT molecular complexity index is 1010. The highest BCUT2D eigenvalue weighted by Crippen LogP contribution is 2.44. The Morgan fingerprint density at radius 1 is 1.03 bits per heavy atom. The predicted octanol–water partition coefficient (Wildman–Crippen LogP) is 5.11. The van der Waals surface area contributed by atoms with Crippen LogP contribution in [0.5, 0.6) is 0 Å². The summed E-state index contributed by atoms with van der Waals surface area (Å²) >= 11 is 1.47. The molecule has 1 unspecified atom stereocenters. The van der Waals surface area contributed by atoms with E-state index in [1.165, 1.54) is 11.3 Å². The van der Waals surface area contributed by atoms with E-state index in [2.05, 4.69) is 29.6 Å². The van der Waals surface area contributed by atoms with Crippen LogP contribution in [0.25, 0.3) is 11.1 Å². The zero-order valence-corrected chi connectivity index (χ0v) is 16.7. The highest BCUT2D eigenvalue weighted by Gasteiger charge is 2.29. The number of fused-ring (bicyclic) bond motifs is 3. The number of hydrogen-bond donors (Lipinski definition) is 2. The van der Waals surface area contributed by atoms with Gasteiger partial charge in [0, 0.05) is 15.7 Å². The lowest BCUT2D eigenvalue weighted by molar-refractivity contribution is -0.137. The van der Waals surface area contributed by atoms with Crippen LogP contribution >= 0.6 is 11.3 Å². The third-order valence-electron chi connectivity index (χ3n) is 5.12. The molecule has 4 rings (SSSR count). The van der Waals surface area contributed by atoms with Gasteiger partial charge in [-0.1, -0.05) is 48.5 Å². The first-order chi connectivity index (χ1) is 14.0. The van der Waals surface area contributed by atoms with Crippen LogP contribution in [0.15, 0.2) is 60.7 Å². The molecule has 2 N–H and O–H groups in total. The molecular weight excluding hydrogens is 386 g/mol. The van der Waals surface area contributed by atoms with E-state index >= 15 is 0 Å². The van der Waals surface area contributed by atoms with Gasteiger partial charge in [-0.25, -0.2) is 4.79 Å². The van der Waals surface area contributed by atoms with Crippen molar-refractivity contribution in [2.75, 3.05) is 6.61 Å². The molecule has 1 amide bonds. The topological polar surface area (TPSA) is 75.6 Å². The largest absolute Gasteiger partial charge is 0.481 e. The second-order valence-electron chi connectivity index (χ2n) is 7.07. The number of carbonyl (C=O) groups excluding carboxylic acids is 1. The molecule has 1 atom stereocenters. The molecule has 1 aromatic heterocycles. The Balaban J connectivity index is 1.47. The van der Waals surface area contributed by atoms with Crippen LogP contribution in [-0.2, 0) is 9.53 Å². The predicted molar refractivity (Wildman–Crippen MR) is 112 cm³/mol. The van der Waals surface area contributed by atoms with Crippen molar-refractivity contribution in [2.45, 2.75) is 25.3 Å². The zero-order chi connectivity index (χ0) is 20.4. The minimum absolute atomic E-state index is 0.0324. The lowest BCUT2D eigenvalue weighted by Crippen LogP contribution is -2.31. The average molecular weight is 407 g/mol. The highest BCUT2D eigenvalue weighted by molar-refractivity contribution is 7.12. The molecule has 1 aliphatic rings. The molecule has 0 saturated carbocycles. The Kier molecular flexibility index (Phi) is 5.36. The summed E-state index contributed by atoms with van der Waals surface area (Å²) in [6.45, 7) is 2.14. The van der Waals surface area contributed by atoms with Gasteiger partial charge in [-0.15, -0.1) is 11.3 Å². The molecule has 1 aliphatic carbocycles. The van der Waals surface area contributed by atoms with E-state index in [1.54, 1.807) is 0 Å². The van der Waals surface area contributed by atoms with Crippen molar-refractivity contribution in [2.24, 2.45) is 0 Å². The van der Waals surface area contributed by atoms with Crippen molar-refractivity contribution < 1.29 is 19.4 Å². The molecule has 2 aromatic carbocycles. The van der Waals surface area contributed by atoms with Gasteiger partial charge in [-0.3, -0.25) is 4.79 Å². The standard InChI is InChI=1S/C23H21NO4S/c1-14-10-11-21(29-14)20(12-22(25)26)24-23(27)28-13-19-17-8-4-2-6-15(17)16-7-3-5-9-18(16)19/h2-11,19-20H,12-13H2,1H3,(H,24,27)(H,25,26). The number of amides is 1. The molecule has 0 bridgehead atoms. The van der Waals surface area contributed by atoms with Crippen molar-refractivity contribution in [3.63, 3.8) is 0 Å². The second-order valence-corrected chi connectivity index (χ2v) is 8.39. The number of carboxylic acid groups (broad SMARTS) is 1. The molecule has 3 aromatic rings. The Labute approximate surface area is 173 Å². The number of alkyl carbamates (subject to hydrolysis) is 1. The maximum Gasteiger partial charge on any atom is 0.407 e. The number of ether oxygens (including phenoxy) is 1. The Morgan fingerprint density at radius 2 is 1.66 bits per heavy atom. The summed E-state index contributed by atoms with van der Waals surface area (Å²) in [5.74, 6) is -1.00. The van der Waals surface area contributed by atoms with Gasteiger partial charge in [0.1, 0.15) is 6.61 Å². The first-order valence-corrected chi connectivity index (χ1v) is 10.2. The smallest absolute Gasteiger partial charge is 0.407 e. The van der Waals surface area contributed by atoms with Gasteiger partial charge < -0.3 is 15.2 Å². The lowest BCUT2D eigenvalue weighted by atomic mass is 9.98. The summed E-state index contributed by atoms with van der Waals surface area (Å²) in [6.07, 6.45) is -0.798. The van der Waals surface area contributed by atoms with Gasteiger partial charge in [-0.05, 0) is 41.3 Å². The molecule has 0 saturated heterocycles. The van der Waals surface area contributed by atoms with Crippen molar-refractivity contribution in [3.05, 3.63) is 81.5 Å². The van der Waals surface area contributed by atoms with E-state index in [0.717, 1.165) is 32.0 Å². The quantitative estimate of drug-likeness (QED) is 0.595. The third kappa shape index (κ3) is 4.03. The summed E-state index contributed by atoms with van der Waals surface area (Å²) in [5, 5.41) is 11.9. The SMILES string of the molecule is Cc1ccc(C(CC(=O)O)NC(=O)OCC2c3ccccc3-c3ccccc32)s1. The van der Waals surface area contributed by atoms with E-state index in [-0.39, 0.29) is 18.9 Å². The molecular formula is C23H21NO4S. The maximum absolute atomic E-state index is 12.5. The van der Waals surface area contributed by atoms with Gasteiger partial charge >= 0.3 is 12.1 Å². The molecule has 0 fully saturated rings. The number of carboxylic acids is 1. The van der Waals surface area contributed by atoms with Crippen LogP contribution in [-0.4, -0.2) is 23.8 Å². The van der Waals surface area contributed by atoms with Crippen LogP contribution in [0.3, 0.4) is 0 Å². The molecule has 29 heavy (non-hydrogen) atoms. The van der Waals surface area contributed by atoms with Crippen molar-refractivity contribution in [1.29, 1.82) is 0 Å². The van der Waals surface area contributed by atoms with Gasteiger partial charge in [0.05, 0.1) is 12.5 Å². The lowest BCUT2D eigenvalue weighted by Gasteiger charge is -2.18. The molecule has 0 aliphatic heterocycles. The average Bonchev–Trinajstić information content (AvgIpc) is 3.27. The van der Waals surface area contributed by atoms with Crippen molar-refractivity contribution in [1.82, 2.24) is 5.32 Å². The number of carbonyl (C=O) groups is 2. The Morgan fingerprint density at radius 3 is 2.21 bits per heavy atom. The van der Waals surface area contributed by atoms with Crippen LogP contribution in [0.1, 0.15) is 39.3 Å². The van der Waals surface area contributed by atoms with E-state index in [0.29, 0.717) is 0 Å². The van der Waals surface area contributed by atoms with E-state index in [1.807, 2.05) is 43.3 Å². The molecule has 1 heterocycles. The van der Waals surface area contributed by atoms with Crippen LogP contribution < -0.4 is 5.32 Å². The number of nitrogens with one attached hydrogen (secondary N) is 1. The minimum atomic E-state index is -0.972. The van der Waals surface area contributed by atoms with Crippen LogP contribution in [0, 0.1) is 6.92 Å². The molecule has 0 radical (unpaired) electrons.